The van der Waals surface area contributed by atoms with E-state index in [-0.39, 0.29) is 5.88 Å². The van der Waals surface area contributed by atoms with Crippen LogP contribution < -0.4 is 0 Å². The Labute approximate surface area is 192 Å². The number of hydrogen-bond acceptors (Lipinski definition) is 6. The lowest BCUT2D eigenvalue weighted by atomic mass is 10.0. The maximum atomic E-state index is 12.1. The highest BCUT2D eigenvalue weighted by molar-refractivity contribution is 9.09. The van der Waals surface area contributed by atoms with Crippen LogP contribution in [-0.4, -0.2) is 60.5 Å². The highest BCUT2D eigenvalue weighted by Crippen LogP contribution is 2.39. The Morgan fingerprint density at radius 3 is 2.34 bits per heavy atom. The number of rotatable bonds is 10. The van der Waals surface area contributed by atoms with Crippen LogP contribution in [0, 0.1) is 0 Å². The van der Waals surface area contributed by atoms with Crippen molar-refractivity contribution in [3.63, 3.8) is 0 Å². The van der Waals surface area contributed by atoms with Gasteiger partial charge < -0.3 is 19.0 Å². The van der Waals surface area contributed by atoms with E-state index in [1.54, 1.807) is 0 Å². The van der Waals surface area contributed by atoms with Crippen LogP contribution in [-0.2, 0) is 18.7 Å². The van der Waals surface area contributed by atoms with Crippen molar-refractivity contribution in [3.8, 4) is 0 Å². The van der Waals surface area contributed by atoms with Gasteiger partial charge in [-0.15, -0.1) is 23.4 Å². The Kier molecular flexibility index (Phi) is 10.5. The summed E-state index contributed by atoms with van der Waals surface area (Å²) in [4.78, 5) is 13.1. The molecule has 5 nitrogen and oxygen atoms in total. The van der Waals surface area contributed by atoms with Gasteiger partial charge in [0, 0.05) is 10.2 Å². The predicted molar refractivity (Wildman–Crippen MR) is 123 cm³/mol. The van der Waals surface area contributed by atoms with Gasteiger partial charge in [-0.05, 0) is 30.3 Å². The molecule has 1 aromatic carbocycles. The molecular formula is C20H30BrClO5SSi. The molecule has 1 aromatic rings. The van der Waals surface area contributed by atoms with Crippen LogP contribution in [0.1, 0.15) is 20.8 Å². The van der Waals surface area contributed by atoms with Crippen molar-refractivity contribution in [2.24, 2.45) is 0 Å². The smallest absolute Gasteiger partial charge is 0.321 e. The fraction of sp³-hybridized carbons (Fsp3) is 0.650. The molecule has 0 aromatic heterocycles. The molecule has 0 amide bonds. The molecule has 2 rings (SSSR count). The summed E-state index contributed by atoms with van der Waals surface area (Å²) in [5, 5.41) is 10.8. The second-order valence-electron chi connectivity index (χ2n) is 7.03. The van der Waals surface area contributed by atoms with E-state index in [0.29, 0.717) is 5.33 Å². The number of esters is 1. The first kappa shape index (κ1) is 25.2. The Hall–Kier alpha value is -0.0931. The number of carbonyl (C=O) groups is 1. The van der Waals surface area contributed by atoms with Gasteiger partial charge in [0.1, 0.15) is 18.1 Å². The summed E-state index contributed by atoms with van der Waals surface area (Å²) >= 11 is 10.6. The van der Waals surface area contributed by atoms with Gasteiger partial charge in [0.2, 0.25) is 0 Å². The van der Waals surface area contributed by atoms with Crippen molar-refractivity contribution in [3.05, 3.63) is 30.3 Å². The molecule has 29 heavy (non-hydrogen) atoms. The van der Waals surface area contributed by atoms with E-state index in [9.17, 15) is 9.90 Å². The van der Waals surface area contributed by atoms with Gasteiger partial charge in [-0.3, -0.25) is 4.79 Å². The summed E-state index contributed by atoms with van der Waals surface area (Å²) in [5.41, 5.74) is 0. The third kappa shape index (κ3) is 6.45. The molecule has 1 aliphatic heterocycles. The summed E-state index contributed by atoms with van der Waals surface area (Å²) in [6, 6.07) is 12.7. The molecule has 164 valence electrons. The van der Waals surface area contributed by atoms with E-state index < -0.39 is 44.1 Å². The SMILES string of the molecule is CC[Si](CC)(CC)O[C@H]1[C@H](OC(=O)CCl)[C@@H](CBr)O[C@H](O)[C@@H]1Sc1ccccc1. The minimum Gasteiger partial charge on any atom is -0.456 e. The molecular weight excluding hydrogens is 496 g/mol. The largest absolute Gasteiger partial charge is 0.456 e. The molecule has 9 heteroatoms. The summed E-state index contributed by atoms with van der Waals surface area (Å²) in [6.45, 7) is 6.45. The van der Waals surface area contributed by atoms with Crippen LogP contribution in [0.15, 0.2) is 35.2 Å². The van der Waals surface area contributed by atoms with E-state index in [2.05, 4.69) is 36.7 Å². The fourth-order valence-corrected chi connectivity index (χ4v) is 8.24. The summed E-state index contributed by atoms with van der Waals surface area (Å²) in [7, 11) is -2.06. The highest BCUT2D eigenvalue weighted by Gasteiger charge is 2.50. The van der Waals surface area contributed by atoms with E-state index >= 15 is 0 Å². The van der Waals surface area contributed by atoms with Crippen molar-refractivity contribution in [1.82, 2.24) is 0 Å². The molecule has 1 saturated heterocycles. The van der Waals surface area contributed by atoms with E-state index in [4.69, 9.17) is 25.5 Å². The summed E-state index contributed by atoms with van der Waals surface area (Å²) in [5.74, 6) is -0.758. The van der Waals surface area contributed by atoms with Crippen LogP contribution in [0.5, 0.6) is 0 Å². The summed E-state index contributed by atoms with van der Waals surface area (Å²) < 4.78 is 18.3. The Bertz CT molecular complexity index is 628. The van der Waals surface area contributed by atoms with Crippen LogP contribution in [0.3, 0.4) is 0 Å². The van der Waals surface area contributed by atoms with E-state index in [0.717, 1.165) is 23.0 Å². The number of thioether (sulfide) groups is 1. The molecule has 0 bridgehead atoms. The topological polar surface area (TPSA) is 65.0 Å². The first-order valence-corrected chi connectivity index (χ1v) is 15.0. The van der Waals surface area contributed by atoms with Crippen LogP contribution >= 0.6 is 39.3 Å². The maximum absolute atomic E-state index is 12.1. The first-order chi connectivity index (χ1) is 13.9. The van der Waals surface area contributed by atoms with Crippen LogP contribution in [0.2, 0.25) is 18.1 Å². The predicted octanol–water partition coefficient (Wildman–Crippen LogP) is 4.80. The van der Waals surface area contributed by atoms with Gasteiger partial charge in [0.25, 0.3) is 0 Å². The third-order valence-corrected chi connectivity index (χ3v) is 12.3. The average Bonchev–Trinajstić information content (AvgIpc) is 2.76. The molecule has 0 unspecified atom stereocenters. The molecule has 1 aliphatic rings. The number of benzene rings is 1. The Balaban J connectivity index is 2.42. The molecule has 0 saturated carbocycles. The number of hydrogen-bond donors (Lipinski definition) is 1. The standard InChI is InChI=1S/C20H30BrClO5SSi/c1-4-29(5-2,6-3)27-18-17(26-16(23)13-22)15(12-21)25-20(24)19(18)28-14-10-8-7-9-11-14/h7-11,15,17-20,24H,4-6,12-13H2,1-3H3/t15-,17-,18+,19-,20+/m1/s1. The normalized spacial score (nSPS) is 27.6. The van der Waals surface area contributed by atoms with Crippen LogP contribution in [0.4, 0.5) is 0 Å². The minimum atomic E-state index is -2.06. The molecule has 0 radical (unpaired) electrons. The zero-order chi connectivity index (χ0) is 21.4. The Morgan fingerprint density at radius 1 is 1.21 bits per heavy atom. The molecule has 1 fully saturated rings. The zero-order valence-corrected chi connectivity index (χ0v) is 21.2. The first-order valence-electron chi connectivity index (χ1n) is 9.98. The number of aliphatic hydroxyl groups is 1. The number of halogens is 2. The van der Waals surface area contributed by atoms with Crippen molar-refractivity contribution in [2.75, 3.05) is 11.2 Å². The number of aliphatic hydroxyl groups excluding tert-OH is 1. The third-order valence-electron chi connectivity index (χ3n) is 5.47. The lowest BCUT2D eigenvalue weighted by Crippen LogP contribution is -2.62. The van der Waals surface area contributed by atoms with Crippen molar-refractivity contribution < 1.29 is 23.8 Å². The van der Waals surface area contributed by atoms with Crippen molar-refractivity contribution >= 4 is 53.6 Å². The molecule has 5 atom stereocenters. The fourth-order valence-electron chi connectivity index (χ4n) is 3.55. The van der Waals surface area contributed by atoms with Crippen molar-refractivity contribution in [2.45, 2.75) is 73.7 Å². The quantitative estimate of drug-likeness (QED) is 0.269. The molecule has 0 spiro atoms. The molecule has 1 heterocycles. The van der Waals surface area contributed by atoms with Gasteiger partial charge in [-0.2, -0.15) is 0 Å². The second-order valence-corrected chi connectivity index (χ2v) is 13.9. The van der Waals surface area contributed by atoms with Gasteiger partial charge in [-0.1, -0.05) is 54.9 Å². The van der Waals surface area contributed by atoms with E-state index in [1.165, 1.54) is 11.8 Å². The summed E-state index contributed by atoms with van der Waals surface area (Å²) in [6.07, 6.45) is -2.71. The van der Waals surface area contributed by atoms with Gasteiger partial charge in [0.15, 0.2) is 20.7 Å². The minimum absolute atomic E-state index is 0.241. The lowest BCUT2D eigenvalue weighted by Gasteiger charge is -2.47. The van der Waals surface area contributed by atoms with E-state index in [1.807, 2.05) is 30.3 Å². The molecule has 0 aliphatic carbocycles. The maximum Gasteiger partial charge on any atom is 0.321 e. The lowest BCUT2D eigenvalue weighted by molar-refractivity contribution is -0.227. The monoisotopic (exact) mass is 524 g/mol. The zero-order valence-electron chi connectivity index (χ0n) is 17.1. The Morgan fingerprint density at radius 2 is 1.83 bits per heavy atom. The van der Waals surface area contributed by atoms with Gasteiger partial charge in [0.05, 0.1) is 5.25 Å². The average molecular weight is 526 g/mol. The number of ether oxygens (including phenoxy) is 2. The molecule has 1 N–H and O–H groups in total. The van der Waals surface area contributed by atoms with Crippen LogP contribution in [0.25, 0.3) is 0 Å². The van der Waals surface area contributed by atoms with Gasteiger partial charge >= 0.3 is 5.97 Å². The highest BCUT2D eigenvalue weighted by atomic mass is 79.9. The van der Waals surface area contributed by atoms with Crippen molar-refractivity contribution in [1.29, 1.82) is 0 Å². The number of carbonyl (C=O) groups excluding carboxylic acids is 1. The number of alkyl halides is 2. The second kappa shape index (κ2) is 12.1. The van der Waals surface area contributed by atoms with Gasteiger partial charge in [-0.25, -0.2) is 0 Å².